The number of alkyl carbamates (subject to hydrolysis) is 1. The standard InChI is InChI=1S/C21H28N2O3/c1-14(2)18(23-20(25)26-21(3,4)5)19(24)22-13-16-11-8-10-15-9-6-7-12-17(15)16/h6-12,14,18H,13H2,1-5H3,(H,22,24)(H,23,25)/t18-/m0/s1. The second-order valence-electron chi connectivity index (χ2n) is 7.72. The molecule has 0 spiro atoms. The van der Waals surface area contributed by atoms with Crippen molar-refractivity contribution < 1.29 is 14.3 Å². The fourth-order valence-electron chi connectivity index (χ4n) is 2.71. The summed E-state index contributed by atoms with van der Waals surface area (Å²) in [4.78, 5) is 24.6. The number of hydrogen-bond acceptors (Lipinski definition) is 3. The molecule has 2 aromatic carbocycles. The van der Waals surface area contributed by atoms with Gasteiger partial charge in [-0.05, 0) is 43.0 Å². The van der Waals surface area contributed by atoms with Gasteiger partial charge in [0, 0.05) is 6.54 Å². The number of amides is 2. The summed E-state index contributed by atoms with van der Waals surface area (Å²) < 4.78 is 5.26. The molecule has 0 saturated carbocycles. The molecule has 5 heteroatoms. The van der Waals surface area contributed by atoms with Crippen LogP contribution in [0.1, 0.15) is 40.2 Å². The maximum atomic E-state index is 12.6. The number of carbonyl (C=O) groups excluding carboxylic acids is 2. The zero-order valence-electron chi connectivity index (χ0n) is 16.1. The first-order chi connectivity index (χ1) is 12.2. The molecule has 2 N–H and O–H groups in total. The van der Waals surface area contributed by atoms with Gasteiger partial charge in [-0.3, -0.25) is 4.79 Å². The van der Waals surface area contributed by atoms with Crippen LogP contribution in [0.2, 0.25) is 0 Å². The van der Waals surface area contributed by atoms with Gasteiger partial charge in [0.15, 0.2) is 0 Å². The first-order valence-corrected chi connectivity index (χ1v) is 8.91. The molecule has 0 radical (unpaired) electrons. The molecule has 0 saturated heterocycles. The summed E-state index contributed by atoms with van der Waals surface area (Å²) in [6, 6.07) is 13.4. The van der Waals surface area contributed by atoms with Crippen LogP contribution >= 0.6 is 0 Å². The third-order valence-corrected chi connectivity index (χ3v) is 3.95. The van der Waals surface area contributed by atoms with E-state index in [-0.39, 0.29) is 11.8 Å². The van der Waals surface area contributed by atoms with Crippen LogP contribution < -0.4 is 10.6 Å². The van der Waals surface area contributed by atoms with Crippen molar-refractivity contribution in [1.29, 1.82) is 0 Å². The predicted octanol–water partition coefficient (Wildman–Crippen LogP) is 4.01. The van der Waals surface area contributed by atoms with E-state index in [1.807, 2.05) is 56.3 Å². The minimum atomic E-state index is -0.653. The highest BCUT2D eigenvalue weighted by atomic mass is 16.6. The lowest BCUT2D eigenvalue weighted by Gasteiger charge is -2.25. The first kappa shape index (κ1) is 19.8. The monoisotopic (exact) mass is 356 g/mol. The molecule has 0 unspecified atom stereocenters. The zero-order valence-corrected chi connectivity index (χ0v) is 16.1. The van der Waals surface area contributed by atoms with Crippen LogP contribution in [0.5, 0.6) is 0 Å². The van der Waals surface area contributed by atoms with E-state index in [2.05, 4.69) is 10.6 Å². The summed E-state index contributed by atoms with van der Waals surface area (Å²) in [5.41, 5.74) is 0.432. The van der Waals surface area contributed by atoms with Gasteiger partial charge >= 0.3 is 6.09 Å². The third kappa shape index (κ3) is 5.48. The number of fused-ring (bicyclic) bond motifs is 1. The quantitative estimate of drug-likeness (QED) is 0.851. The maximum Gasteiger partial charge on any atom is 0.408 e. The Balaban J connectivity index is 2.04. The Morgan fingerprint density at radius 1 is 1.04 bits per heavy atom. The fourth-order valence-corrected chi connectivity index (χ4v) is 2.71. The van der Waals surface area contributed by atoms with Crippen LogP contribution in [0.3, 0.4) is 0 Å². The Morgan fingerprint density at radius 2 is 1.69 bits per heavy atom. The average Bonchev–Trinajstić information content (AvgIpc) is 2.55. The number of hydrogen-bond donors (Lipinski definition) is 2. The van der Waals surface area contributed by atoms with E-state index in [9.17, 15) is 9.59 Å². The van der Waals surface area contributed by atoms with Gasteiger partial charge in [-0.25, -0.2) is 4.79 Å². The number of rotatable bonds is 5. The van der Waals surface area contributed by atoms with E-state index in [4.69, 9.17) is 4.74 Å². The summed E-state index contributed by atoms with van der Waals surface area (Å²) >= 11 is 0. The summed E-state index contributed by atoms with van der Waals surface area (Å²) in [5, 5.41) is 7.84. The highest BCUT2D eigenvalue weighted by Crippen LogP contribution is 2.18. The maximum absolute atomic E-state index is 12.6. The van der Waals surface area contributed by atoms with Crippen LogP contribution in [0.15, 0.2) is 42.5 Å². The van der Waals surface area contributed by atoms with Crippen LogP contribution in [-0.2, 0) is 16.1 Å². The second-order valence-corrected chi connectivity index (χ2v) is 7.72. The van der Waals surface area contributed by atoms with Gasteiger partial charge in [-0.1, -0.05) is 56.3 Å². The molecule has 26 heavy (non-hydrogen) atoms. The lowest BCUT2D eigenvalue weighted by molar-refractivity contribution is -0.124. The zero-order chi connectivity index (χ0) is 19.3. The van der Waals surface area contributed by atoms with Crippen molar-refractivity contribution in [2.45, 2.75) is 52.8 Å². The molecule has 2 amide bonds. The van der Waals surface area contributed by atoms with E-state index in [1.54, 1.807) is 20.8 Å². The summed E-state index contributed by atoms with van der Waals surface area (Å²) in [7, 11) is 0. The molecule has 0 aliphatic heterocycles. The van der Waals surface area contributed by atoms with Crippen molar-refractivity contribution in [2.75, 3.05) is 0 Å². The van der Waals surface area contributed by atoms with Crippen LogP contribution in [0, 0.1) is 5.92 Å². The van der Waals surface area contributed by atoms with Gasteiger partial charge in [0.25, 0.3) is 0 Å². The molecule has 2 rings (SSSR count). The Kier molecular flexibility index (Phi) is 6.24. The summed E-state index contributed by atoms with van der Waals surface area (Å²) in [5.74, 6) is -0.283. The van der Waals surface area contributed by atoms with E-state index in [0.717, 1.165) is 16.3 Å². The van der Waals surface area contributed by atoms with Gasteiger partial charge in [-0.15, -0.1) is 0 Å². The van der Waals surface area contributed by atoms with E-state index < -0.39 is 17.7 Å². The Bertz CT molecular complexity index is 773. The fraction of sp³-hybridized carbons (Fsp3) is 0.429. The largest absolute Gasteiger partial charge is 0.444 e. The number of benzene rings is 2. The smallest absolute Gasteiger partial charge is 0.408 e. The van der Waals surface area contributed by atoms with Crippen molar-refractivity contribution in [2.24, 2.45) is 5.92 Å². The molecular formula is C21H28N2O3. The lowest BCUT2D eigenvalue weighted by Crippen LogP contribution is -2.50. The predicted molar refractivity (Wildman–Crippen MR) is 104 cm³/mol. The molecule has 0 aliphatic rings. The molecule has 140 valence electrons. The van der Waals surface area contributed by atoms with Gasteiger partial charge in [-0.2, -0.15) is 0 Å². The second kappa shape index (κ2) is 8.21. The van der Waals surface area contributed by atoms with Gasteiger partial charge in [0.05, 0.1) is 0 Å². The van der Waals surface area contributed by atoms with Crippen LogP contribution in [0.4, 0.5) is 4.79 Å². The Hall–Kier alpha value is -2.56. The number of carbonyl (C=O) groups is 2. The first-order valence-electron chi connectivity index (χ1n) is 8.91. The van der Waals surface area contributed by atoms with Crippen LogP contribution in [-0.4, -0.2) is 23.6 Å². The van der Waals surface area contributed by atoms with Crippen molar-refractivity contribution >= 4 is 22.8 Å². The highest BCUT2D eigenvalue weighted by molar-refractivity contribution is 5.88. The highest BCUT2D eigenvalue weighted by Gasteiger charge is 2.26. The minimum absolute atomic E-state index is 0.0602. The van der Waals surface area contributed by atoms with Gasteiger partial charge in [0.1, 0.15) is 11.6 Å². The summed E-state index contributed by atoms with van der Waals surface area (Å²) in [6.07, 6.45) is -0.587. The Labute approximate surface area is 155 Å². The molecule has 0 heterocycles. The molecule has 0 aromatic heterocycles. The van der Waals surface area contributed by atoms with E-state index >= 15 is 0 Å². The molecule has 0 bridgehead atoms. The third-order valence-electron chi connectivity index (χ3n) is 3.95. The van der Waals surface area contributed by atoms with Gasteiger partial charge in [0.2, 0.25) is 5.91 Å². The molecule has 1 atom stereocenters. The van der Waals surface area contributed by atoms with Crippen LogP contribution in [0.25, 0.3) is 10.8 Å². The molecule has 0 aliphatic carbocycles. The van der Waals surface area contributed by atoms with E-state index in [0.29, 0.717) is 6.54 Å². The van der Waals surface area contributed by atoms with Crippen molar-refractivity contribution in [3.05, 3.63) is 48.0 Å². The van der Waals surface area contributed by atoms with Crippen molar-refractivity contribution in [1.82, 2.24) is 10.6 Å². The van der Waals surface area contributed by atoms with Crippen molar-refractivity contribution in [3.8, 4) is 0 Å². The average molecular weight is 356 g/mol. The molecule has 5 nitrogen and oxygen atoms in total. The summed E-state index contributed by atoms with van der Waals surface area (Å²) in [6.45, 7) is 9.55. The number of nitrogens with one attached hydrogen (secondary N) is 2. The SMILES string of the molecule is CC(C)[C@H](NC(=O)OC(C)(C)C)C(=O)NCc1cccc2ccccc12. The van der Waals surface area contributed by atoms with Gasteiger partial charge < -0.3 is 15.4 Å². The minimum Gasteiger partial charge on any atom is -0.444 e. The normalized spacial score (nSPS) is 12.7. The van der Waals surface area contributed by atoms with Crippen molar-refractivity contribution in [3.63, 3.8) is 0 Å². The Morgan fingerprint density at radius 3 is 2.35 bits per heavy atom. The molecular weight excluding hydrogens is 328 g/mol. The topological polar surface area (TPSA) is 67.4 Å². The lowest BCUT2D eigenvalue weighted by atomic mass is 10.0. The molecule has 2 aromatic rings. The number of ether oxygens (including phenoxy) is 1. The molecule has 0 fully saturated rings. The van der Waals surface area contributed by atoms with E-state index in [1.165, 1.54) is 0 Å².